The Morgan fingerprint density at radius 1 is 1.38 bits per heavy atom. The van der Waals surface area contributed by atoms with Crippen LogP contribution in [0, 0.1) is 13.8 Å². The van der Waals surface area contributed by atoms with E-state index >= 15 is 0 Å². The van der Waals surface area contributed by atoms with Gasteiger partial charge in [0.25, 0.3) is 0 Å². The SMILES string of the molecule is Cc1ccc(C)c(OC[C@H](O)CN2CCC[C@H](c3ccn[nH]3)C2)c1. The number of rotatable bonds is 6. The molecule has 1 fully saturated rings. The second-order valence-corrected chi connectivity index (χ2v) is 6.84. The lowest BCUT2D eigenvalue weighted by molar-refractivity contribution is 0.0578. The Kier molecular flexibility index (Phi) is 5.53. The molecule has 3 rings (SSSR count). The quantitative estimate of drug-likeness (QED) is 0.855. The standard InChI is InChI=1S/C19H27N3O2/c1-14-5-6-15(2)19(10-14)24-13-17(23)12-22-9-3-4-16(11-22)18-7-8-20-21-18/h5-8,10,16-17,23H,3-4,9,11-13H2,1-2H3,(H,20,21)/t16-,17+/m0/s1. The first-order valence-corrected chi connectivity index (χ1v) is 8.71. The van der Waals surface area contributed by atoms with E-state index in [1.807, 2.05) is 26.0 Å². The monoisotopic (exact) mass is 329 g/mol. The zero-order valence-corrected chi connectivity index (χ0v) is 14.5. The van der Waals surface area contributed by atoms with Crippen molar-refractivity contribution in [3.05, 3.63) is 47.3 Å². The first kappa shape index (κ1) is 17.0. The number of β-amino-alcohol motifs (C(OH)–C–C–N with tert-alkyl or cyclic N) is 1. The summed E-state index contributed by atoms with van der Waals surface area (Å²) in [6.07, 6.45) is 3.65. The number of nitrogens with one attached hydrogen (secondary N) is 1. The normalized spacial score (nSPS) is 20.0. The van der Waals surface area contributed by atoms with E-state index in [1.165, 1.54) is 17.7 Å². The van der Waals surface area contributed by atoms with Gasteiger partial charge in [0.15, 0.2) is 0 Å². The topological polar surface area (TPSA) is 61.4 Å². The Bertz CT molecular complexity index is 642. The fourth-order valence-corrected chi connectivity index (χ4v) is 3.37. The van der Waals surface area contributed by atoms with Crippen molar-refractivity contribution in [2.75, 3.05) is 26.2 Å². The molecule has 1 aromatic heterocycles. The summed E-state index contributed by atoms with van der Waals surface area (Å²) in [6, 6.07) is 8.20. The maximum Gasteiger partial charge on any atom is 0.122 e. The number of H-pyrrole nitrogens is 1. The van der Waals surface area contributed by atoms with Gasteiger partial charge in [0, 0.05) is 30.9 Å². The van der Waals surface area contributed by atoms with Gasteiger partial charge in [-0.25, -0.2) is 0 Å². The van der Waals surface area contributed by atoms with Crippen molar-refractivity contribution in [2.45, 2.75) is 38.7 Å². The molecule has 0 bridgehead atoms. The molecule has 1 aliphatic heterocycles. The summed E-state index contributed by atoms with van der Waals surface area (Å²) < 4.78 is 5.83. The van der Waals surface area contributed by atoms with Crippen LogP contribution in [0.15, 0.2) is 30.5 Å². The lowest BCUT2D eigenvalue weighted by Gasteiger charge is -2.33. The molecule has 24 heavy (non-hydrogen) atoms. The molecule has 5 heteroatoms. The molecule has 0 aliphatic carbocycles. The van der Waals surface area contributed by atoms with Crippen LogP contribution < -0.4 is 4.74 Å². The van der Waals surface area contributed by atoms with Crippen LogP contribution in [-0.2, 0) is 0 Å². The summed E-state index contributed by atoms with van der Waals surface area (Å²) in [5.74, 6) is 1.34. The Morgan fingerprint density at radius 2 is 2.25 bits per heavy atom. The van der Waals surface area contributed by atoms with Crippen LogP contribution in [-0.4, -0.2) is 52.5 Å². The molecule has 2 atom stereocenters. The van der Waals surface area contributed by atoms with E-state index in [1.54, 1.807) is 6.20 Å². The maximum atomic E-state index is 10.4. The highest BCUT2D eigenvalue weighted by Crippen LogP contribution is 2.25. The first-order chi connectivity index (χ1) is 11.6. The van der Waals surface area contributed by atoms with Gasteiger partial charge in [-0.1, -0.05) is 12.1 Å². The third-order valence-electron chi connectivity index (χ3n) is 4.71. The van der Waals surface area contributed by atoms with Gasteiger partial charge in [0.2, 0.25) is 0 Å². The van der Waals surface area contributed by atoms with Gasteiger partial charge < -0.3 is 9.84 Å². The van der Waals surface area contributed by atoms with E-state index in [0.29, 0.717) is 19.1 Å². The number of nitrogens with zero attached hydrogens (tertiary/aromatic N) is 2. The molecule has 0 unspecified atom stereocenters. The van der Waals surface area contributed by atoms with E-state index in [4.69, 9.17) is 4.74 Å². The van der Waals surface area contributed by atoms with Crippen molar-refractivity contribution in [3.8, 4) is 5.75 Å². The number of piperidine rings is 1. The molecule has 0 radical (unpaired) electrons. The summed E-state index contributed by atoms with van der Waals surface area (Å²) in [7, 11) is 0. The van der Waals surface area contributed by atoms with Gasteiger partial charge in [-0.2, -0.15) is 5.10 Å². The van der Waals surface area contributed by atoms with Crippen LogP contribution in [0.4, 0.5) is 0 Å². The molecular weight excluding hydrogens is 302 g/mol. The van der Waals surface area contributed by atoms with Crippen molar-refractivity contribution >= 4 is 0 Å². The number of benzene rings is 1. The number of aryl methyl sites for hydroxylation is 2. The Labute approximate surface area is 143 Å². The van der Waals surface area contributed by atoms with Gasteiger partial charge in [0.1, 0.15) is 18.5 Å². The second-order valence-electron chi connectivity index (χ2n) is 6.84. The molecule has 1 saturated heterocycles. The van der Waals surface area contributed by atoms with Crippen molar-refractivity contribution in [3.63, 3.8) is 0 Å². The van der Waals surface area contributed by atoms with Gasteiger partial charge in [0.05, 0.1) is 0 Å². The van der Waals surface area contributed by atoms with Crippen molar-refractivity contribution in [2.24, 2.45) is 0 Å². The summed E-state index contributed by atoms with van der Waals surface area (Å²) in [5, 5.41) is 17.5. The number of aliphatic hydroxyl groups excluding tert-OH is 1. The minimum atomic E-state index is -0.481. The van der Waals surface area contributed by atoms with E-state index in [0.717, 1.165) is 30.8 Å². The smallest absolute Gasteiger partial charge is 0.122 e. The van der Waals surface area contributed by atoms with Crippen molar-refractivity contribution in [1.82, 2.24) is 15.1 Å². The molecule has 0 spiro atoms. The predicted octanol–water partition coefficient (Wildman–Crippen LogP) is 2.65. The number of hydrogen-bond acceptors (Lipinski definition) is 4. The number of aromatic nitrogens is 2. The van der Waals surface area contributed by atoms with Crippen LogP contribution in [0.3, 0.4) is 0 Å². The van der Waals surface area contributed by atoms with Crippen LogP contribution in [0.5, 0.6) is 5.75 Å². The highest BCUT2D eigenvalue weighted by Gasteiger charge is 2.24. The van der Waals surface area contributed by atoms with Crippen molar-refractivity contribution < 1.29 is 9.84 Å². The van der Waals surface area contributed by atoms with Crippen LogP contribution >= 0.6 is 0 Å². The Hall–Kier alpha value is -1.85. The minimum absolute atomic E-state index is 0.329. The van der Waals surface area contributed by atoms with Crippen LogP contribution in [0.1, 0.15) is 35.6 Å². The van der Waals surface area contributed by atoms with Gasteiger partial charge in [-0.15, -0.1) is 0 Å². The number of aromatic amines is 1. The van der Waals surface area contributed by atoms with E-state index in [2.05, 4.69) is 27.2 Å². The summed E-state index contributed by atoms with van der Waals surface area (Å²) >= 11 is 0. The highest BCUT2D eigenvalue weighted by molar-refractivity contribution is 5.35. The molecule has 1 aromatic carbocycles. The van der Waals surface area contributed by atoms with E-state index in [9.17, 15) is 5.11 Å². The molecule has 1 aliphatic rings. The average Bonchev–Trinajstić information content (AvgIpc) is 3.10. The molecular formula is C19H27N3O2. The molecule has 5 nitrogen and oxygen atoms in total. The number of hydrogen-bond donors (Lipinski definition) is 2. The molecule has 2 heterocycles. The van der Waals surface area contributed by atoms with Gasteiger partial charge >= 0.3 is 0 Å². The zero-order valence-electron chi connectivity index (χ0n) is 14.5. The second kappa shape index (κ2) is 7.81. The molecule has 2 aromatic rings. The number of ether oxygens (including phenoxy) is 1. The molecule has 2 N–H and O–H groups in total. The fourth-order valence-electron chi connectivity index (χ4n) is 3.37. The molecule has 0 saturated carbocycles. The van der Waals surface area contributed by atoms with Crippen LogP contribution in [0.2, 0.25) is 0 Å². The average molecular weight is 329 g/mol. The van der Waals surface area contributed by atoms with E-state index in [-0.39, 0.29) is 0 Å². The largest absolute Gasteiger partial charge is 0.491 e. The third kappa shape index (κ3) is 4.36. The lowest BCUT2D eigenvalue weighted by atomic mass is 9.95. The maximum absolute atomic E-state index is 10.4. The number of aliphatic hydroxyl groups is 1. The highest BCUT2D eigenvalue weighted by atomic mass is 16.5. The summed E-state index contributed by atoms with van der Waals surface area (Å²) in [6.45, 7) is 7.05. The minimum Gasteiger partial charge on any atom is -0.491 e. The Balaban J connectivity index is 1.49. The lowest BCUT2D eigenvalue weighted by Crippen LogP contribution is -2.41. The summed E-state index contributed by atoms with van der Waals surface area (Å²) in [4.78, 5) is 2.33. The number of likely N-dealkylation sites (tertiary alicyclic amines) is 1. The molecule has 0 amide bonds. The summed E-state index contributed by atoms with van der Waals surface area (Å²) in [5.41, 5.74) is 3.47. The fraction of sp³-hybridized carbons (Fsp3) is 0.526. The van der Waals surface area contributed by atoms with Gasteiger partial charge in [-0.05, 0) is 56.5 Å². The van der Waals surface area contributed by atoms with Crippen LogP contribution in [0.25, 0.3) is 0 Å². The first-order valence-electron chi connectivity index (χ1n) is 8.71. The third-order valence-corrected chi connectivity index (χ3v) is 4.71. The molecule has 130 valence electrons. The Morgan fingerprint density at radius 3 is 3.04 bits per heavy atom. The predicted molar refractivity (Wildman–Crippen MR) is 94.4 cm³/mol. The zero-order chi connectivity index (χ0) is 16.9. The van der Waals surface area contributed by atoms with E-state index < -0.39 is 6.10 Å². The van der Waals surface area contributed by atoms with Gasteiger partial charge in [-0.3, -0.25) is 10.00 Å². The van der Waals surface area contributed by atoms with Crippen molar-refractivity contribution in [1.29, 1.82) is 0 Å².